The Morgan fingerprint density at radius 1 is 1.12 bits per heavy atom. The van der Waals surface area contributed by atoms with E-state index < -0.39 is 5.54 Å². The molecule has 1 aliphatic carbocycles. The van der Waals surface area contributed by atoms with Crippen molar-refractivity contribution < 1.29 is 14.0 Å². The highest BCUT2D eigenvalue weighted by atomic mass is 16.5. The molecular formula is C19H25N3O3. The monoisotopic (exact) mass is 343 g/mol. The van der Waals surface area contributed by atoms with Crippen LogP contribution in [0.3, 0.4) is 0 Å². The topological polar surface area (TPSA) is 83.4 Å². The minimum Gasteiger partial charge on any atom is -0.490 e. The number of benzene rings is 1. The predicted molar refractivity (Wildman–Crippen MR) is 96.3 cm³/mol. The number of aromatic nitrogens is 2. The molecule has 1 aliphatic rings. The van der Waals surface area contributed by atoms with Gasteiger partial charge >= 0.3 is 0 Å². The molecule has 1 aromatic heterocycles. The van der Waals surface area contributed by atoms with Crippen LogP contribution in [0.5, 0.6) is 11.5 Å². The summed E-state index contributed by atoms with van der Waals surface area (Å²) in [6, 6.07) is 5.80. The maximum Gasteiger partial charge on any atom is 0.250 e. The Morgan fingerprint density at radius 2 is 1.84 bits per heavy atom. The molecule has 6 nitrogen and oxygen atoms in total. The van der Waals surface area contributed by atoms with Gasteiger partial charge in [-0.2, -0.15) is 4.98 Å². The van der Waals surface area contributed by atoms with E-state index in [2.05, 4.69) is 10.1 Å². The standard InChI is InChI=1S/C19H25N3O3/c1-3-23-15-9-7-14(13-16(15)24-4-2)8-10-17-21-18(22-25-17)19(20)11-5-6-12-19/h7-10,13H,3-6,11-12,20H2,1-2H3/b10-8+. The molecule has 0 bridgehead atoms. The number of hydrogen-bond donors (Lipinski definition) is 1. The highest BCUT2D eigenvalue weighted by Gasteiger charge is 2.35. The Labute approximate surface area is 148 Å². The van der Waals surface area contributed by atoms with E-state index in [9.17, 15) is 0 Å². The Hall–Kier alpha value is -2.34. The summed E-state index contributed by atoms with van der Waals surface area (Å²) in [6.45, 7) is 5.08. The summed E-state index contributed by atoms with van der Waals surface area (Å²) >= 11 is 0. The van der Waals surface area contributed by atoms with Crippen molar-refractivity contribution in [3.8, 4) is 11.5 Å². The zero-order valence-electron chi connectivity index (χ0n) is 14.8. The minimum absolute atomic E-state index is 0.434. The van der Waals surface area contributed by atoms with Gasteiger partial charge in [0.05, 0.1) is 18.8 Å². The molecule has 0 amide bonds. The molecule has 134 valence electrons. The fourth-order valence-corrected chi connectivity index (χ4v) is 3.07. The molecular weight excluding hydrogens is 318 g/mol. The fraction of sp³-hybridized carbons (Fsp3) is 0.474. The maximum absolute atomic E-state index is 6.36. The number of hydrogen-bond acceptors (Lipinski definition) is 6. The van der Waals surface area contributed by atoms with Crippen molar-refractivity contribution in [2.45, 2.75) is 45.1 Å². The van der Waals surface area contributed by atoms with Gasteiger partial charge in [-0.15, -0.1) is 0 Å². The second kappa shape index (κ2) is 7.70. The third-order valence-corrected chi connectivity index (χ3v) is 4.37. The van der Waals surface area contributed by atoms with Crippen molar-refractivity contribution in [1.29, 1.82) is 0 Å². The summed E-state index contributed by atoms with van der Waals surface area (Å²) in [7, 11) is 0. The molecule has 2 N–H and O–H groups in total. The smallest absolute Gasteiger partial charge is 0.250 e. The van der Waals surface area contributed by atoms with Crippen LogP contribution in [-0.2, 0) is 5.54 Å². The first-order chi connectivity index (χ1) is 12.1. The SMILES string of the molecule is CCOc1ccc(/C=C/c2nc(C3(N)CCCC3)no2)cc1OCC. The van der Waals surface area contributed by atoms with Gasteiger partial charge in [-0.05, 0) is 50.5 Å². The van der Waals surface area contributed by atoms with Gasteiger partial charge < -0.3 is 19.7 Å². The first-order valence-electron chi connectivity index (χ1n) is 8.85. The lowest BCUT2D eigenvalue weighted by Crippen LogP contribution is -2.34. The maximum atomic E-state index is 6.36. The molecule has 1 heterocycles. The van der Waals surface area contributed by atoms with Gasteiger partial charge in [-0.3, -0.25) is 0 Å². The van der Waals surface area contributed by atoms with Gasteiger partial charge in [0.2, 0.25) is 0 Å². The highest BCUT2D eigenvalue weighted by Crippen LogP contribution is 2.34. The molecule has 0 unspecified atom stereocenters. The van der Waals surface area contributed by atoms with Crippen LogP contribution in [0.2, 0.25) is 0 Å². The lowest BCUT2D eigenvalue weighted by molar-refractivity contribution is 0.287. The van der Waals surface area contributed by atoms with E-state index in [1.807, 2.05) is 38.1 Å². The largest absolute Gasteiger partial charge is 0.490 e. The summed E-state index contributed by atoms with van der Waals surface area (Å²) in [5, 5.41) is 4.06. The third kappa shape index (κ3) is 4.02. The van der Waals surface area contributed by atoms with Crippen molar-refractivity contribution in [3.63, 3.8) is 0 Å². The van der Waals surface area contributed by atoms with Crippen molar-refractivity contribution >= 4 is 12.2 Å². The van der Waals surface area contributed by atoms with Crippen LogP contribution in [0.1, 0.15) is 56.8 Å². The Bertz CT molecular complexity index is 733. The van der Waals surface area contributed by atoms with Crippen LogP contribution >= 0.6 is 0 Å². The van der Waals surface area contributed by atoms with Gasteiger partial charge in [0.15, 0.2) is 17.3 Å². The van der Waals surface area contributed by atoms with Crippen LogP contribution in [0, 0.1) is 0 Å². The second-order valence-electron chi connectivity index (χ2n) is 6.22. The highest BCUT2D eigenvalue weighted by molar-refractivity contribution is 5.67. The molecule has 25 heavy (non-hydrogen) atoms. The second-order valence-corrected chi connectivity index (χ2v) is 6.22. The summed E-state index contributed by atoms with van der Waals surface area (Å²) in [6.07, 6.45) is 7.75. The van der Waals surface area contributed by atoms with E-state index in [0.717, 1.165) is 42.7 Å². The van der Waals surface area contributed by atoms with E-state index in [0.29, 0.717) is 24.9 Å². The molecule has 2 aromatic rings. The molecule has 0 saturated heterocycles. The number of nitrogens with zero attached hydrogens (tertiary/aromatic N) is 2. The quantitative estimate of drug-likeness (QED) is 0.824. The average Bonchev–Trinajstić information content (AvgIpc) is 3.25. The van der Waals surface area contributed by atoms with Crippen LogP contribution in [0.15, 0.2) is 22.7 Å². The third-order valence-electron chi connectivity index (χ3n) is 4.37. The lowest BCUT2D eigenvalue weighted by atomic mass is 9.99. The zero-order chi connectivity index (χ0) is 17.7. The molecule has 0 atom stereocenters. The van der Waals surface area contributed by atoms with E-state index in [-0.39, 0.29) is 0 Å². The van der Waals surface area contributed by atoms with Gasteiger partial charge in [0.25, 0.3) is 5.89 Å². The van der Waals surface area contributed by atoms with Crippen molar-refractivity contribution in [1.82, 2.24) is 10.1 Å². The normalized spacial score (nSPS) is 16.4. The van der Waals surface area contributed by atoms with Crippen LogP contribution in [-0.4, -0.2) is 23.4 Å². The molecule has 0 aliphatic heterocycles. The van der Waals surface area contributed by atoms with Gasteiger partial charge in [0, 0.05) is 6.08 Å². The summed E-state index contributed by atoms with van der Waals surface area (Å²) in [5.74, 6) is 2.53. The van der Waals surface area contributed by atoms with E-state index >= 15 is 0 Å². The molecule has 1 aromatic carbocycles. The number of nitrogens with two attached hydrogens (primary N) is 1. The molecule has 1 saturated carbocycles. The lowest BCUT2D eigenvalue weighted by Gasteiger charge is -2.17. The van der Waals surface area contributed by atoms with Crippen LogP contribution < -0.4 is 15.2 Å². The summed E-state index contributed by atoms with van der Waals surface area (Å²) in [5.41, 5.74) is 6.89. The van der Waals surface area contributed by atoms with Gasteiger partial charge in [-0.1, -0.05) is 24.1 Å². The molecule has 0 spiro atoms. The number of ether oxygens (including phenoxy) is 2. The first-order valence-corrected chi connectivity index (χ1v) is 8.85. The predicted octanol–water partition coefficient (Wildman–Crippen LogP) is 3.77. The van der Waals surface area contributed by atoms with Crippen molar-refractivity contribution in [2.24, 2.45) is 5.73 Å². The summed E-state index contributed by atoms with van der Waals surface area (Å²) in [4.78, 5) is 4.44. The Morgan fingerprint density at radius 3 is 2.56 bits per heavy atom. The van der Waals surface area contributed by atoms with Crippen molar-refractivity contribution in [2.75, 3.05) is 13.2 Å². The zero-order valence-corrected chi connectivity index (χ0v) is 14.8. The van der Waals surface area contributed by atoms with Crippen molar-refractivity contribution in [3.05, 3.63) is 35.5 Å². The fourth-order valence-electron chi connectivity index (χ4n) is 3.07. The van der Waals surface area contributed by atoms with Gasteiger partial charge in [0.1, 0.15) is 0 Å². The number of rotatable bonds is 7. The van der Waals surface area contributed by atoms with E-state index in [1.54, 1.807) is 6.08 Å². The van der Waals surface area contributed by atoms with E-state index in [1.165, 1.54) is 0 Å². The molecule has 1 fully saturated rings. The molecule has 0 radical (unpaired) electrons. The van der Waals surface area contributed by atoms with Crippen LogP contribution in [0.4, 0.5) is 0 Å². The summed E-state index contributed by atoms with van der Waals surface area (Å²) < 4.78 is 16.5. The average molecular weight is 343 g/mol. The van der Waals surface area contributed by atoms with E-state index in [4.69, 9.17) is 19.7 Å². The molecule has 6 heteroatoms. The molecule has 3 rings (SSSR count). The minimum atomic E-state index is -0.434. The first kappa shape index (κ1) is 17.5. The Kier molecular flexibility index (Phi) is 5.38. The van der Waals surface area contributed by atoms with Gasteiger partial charge in [-0.25, -0.2) is 0 Å². The Balaban J connectivity index is 1.75. The van der Waals surface area contributed by atoms with Crippen LogP contribution in [0.25, 0.3) is 12.2 Å².